The van der Waals surface area contributed by atoms with Crippen molar-refractivity contribution in [2.45, 2.75) is 95.9 Å². The molecule has 0 saturated carbocycles. The third-order valence-corrected chi connectivity index (χ3v) is 10.9. The summed E-state index contributed by atoms with van der Waals surface area (Å²) in [6, 6.07) is 21.2. The zero-order chi connectivity index (χ0) is 42.3. The Hall–Kier alpha value is -5.50. The first kappa shape index (κ1) is 43.1. The molecule has 4 aromatic rings. The van der Waals surface area contributed by atoms with Crippen LogP contribution in [0.3, 0.4) is 0 Å². The monoisotopic (exact) mass is 807 g/mol. The summed E-state index contributed by atoms with van der Waals surface area (Å²) in [5, 5.41) is 16.7. The van der Waals surface area contributed by atoms with E-state index in [2.05, 4.69) is 39.9 Å². The molecule has 4 atom stereocenters. The van der Waals surface area contributed by atoms with Gasteiger partial charge < -0.3 is 24.8 Å². The van der Waals surface area contributed by atoms with Gasteiger partial charge in [-0.25, -0.2) is 9.18 Å². The van der Waals surface area contributed by atoms with Crippen molar-refractivity contribution in [2.24, 2.45) is 0 Å². The number of likely N-dealkylation sites (tertiary alicyclic amines) is 1. The van der Waals surface area contributed by atoms with Gasteiger partial charge in [0, 0.05) is 43.0 Å². The molecule has 3 N–H and O–H groups in total. The first-order chi connectivity index (χ1) is 28.2. The molecule has 312 valence electrons. The summed E-state index contributed by atoms with van der Waals surface area (Å²) in [6.45, 7) is 7.89. The number of aliphatic hydroxyl groups excluding tert-OH is 1. The molecule has 12 nitrogen and oxygen atoms in total. The van der Waals surface area contributed by atoms with Crippen molar-refractivity contribution in [3.8, 4) is 11.1 Å². The Balaban J connectivity index is 1.09. The van der Waals surface area contributed by atoms with Crippen LogP contribution in [0.15, 0.2) is 91.3 Å². The lowest BCUT2D eigenvalue weighted by atomic mass is 9.98. The topological polar surface area (TPSA) is 150 Å². The van der Waals surface area contributed by atoms with Crippen LogP contribution in [-0.2, 0) is 19.1 Å². The summed E-state index contributed by atoms with van der Waals surface area (Å²) in [7, 11) is 1.47. The van der Waals surface area contributed by atoms with Crippen LogP contribution in [-0.4, -0.2) is 94.4 Å². The molecule has 0 radical (unpaired) electrons. The highest BCUT2D eigenvalue weighted by Gasteiger charge is 2.37. The van der Waals surface area contributed by atoms with Crippen molar-refractivity contribution in [1.82, 2.24) is 25.4 Å². The number of nitrogens with zero attached hydrogens (tertiary/aromatic N) is 3. The first-order valence-electron chi connectivity index (χ1n) is 20.2. The smallest absolute Gasteiger partial charge is 0.410 e. The number of nitrogens with one attached hydrogen (secondary N) is 2. The number of unbranched alkanes of at least 4 members (excludes halogenated alkanes) is 1. The molecule has 1 saturated heterocycles. The lowest BCUT2D eigenvalue weighted by Gasteiger charge is -2.32. The molecule has 1 unspecified atom stereocenters. The summed E-state index contributed by atoms with van der Waals surface area (Å²) >= 11 is 0. The van der Waals surface area contributed by atoms with Gasteiger partial charge in [-0.3, -0.25) is 29.6 Å². The number of benzene rings is 3. The molecule has 1 aliphatic heterocycles. The number of amides is 3. The second-order valence-corrected chi connectivity index (χ2v) is 16.2. The molecule has 1 aromatic heterocycles. The lowest BCUT2D eigenvalue weighted by molar-refractivity contribution is -0.138. The number of aliphatic hydroxyl groups is 1. The predicted molar refractivity (Wildman–Crippen MR) is 221 cm³/mol. The van der Waals surface area contributed by atoms with Crippen LogP contribution in [0.5, 0.6) is 0 Å². The number of halogens is 1. The number of rotatable bonds is 16. The normalized spacial score (nSPS) is 16.5. The average Bonchev–Trinajstić information content (AvgIpc) is 3.84. The van der Waals surface area contributed by atoms with Gasteiger partial charge in [-0.15, -0.1) is 0 Å². The number of fused-ring (bicyclic) bond motifs is 3. The summed E-state index contributed by atoms with van der Waals surface area (Å²) in [5.74, 6) is -1.58. The van der Waals surface area contributed by atoms with E-state index >= 15 is 0 Å². The van der Waals surface area contributed by atoms with E-state index in [1.165, 1.54) is 53.5 Å². The Morgan fingerprint density at radius 1 is 0.949 bits per heavy atom. The molecule has 2 aliphatic rings. The van der Waals surface area contributed by atoms with E-state index in [4.69, 9.17) is 9.47 Å². The zero-order valence-corrected chi connectivity index (χ0v) is 34.3. The molecule has 1 fully saturated rings. The molecule has 1 aliphatic carbocycles. The highest BCUT2D eigenvalue weighted by molar-refractivity contribution is 6.08. The number of carbonyl (C=O) groups is 4. The number of likely N-dealkylation sites (N-methyl/N-ethyl adjacent to an activating group) is 1. The number of ketones is 1. The Morgan fingerprint density at radius 2 is 1.61 bits per heavy atom. The highest BCUT2D eigenvalue weighted by Crippen LogP contribution is 2.44. The molecule has 0 bridgehead atoms. The van der Waals surface area contributed by atoms with Crippen molar-refractivity contribution in [2.75, 3.05) is 26.7 Å². The van der Waals surface area contributed by atoms with Gasteiger partial charge >= 0.3 is 6.09 Å². The molecular weight excluding hydrogens is 754 g/mol. The van der Waals surface area contributed by atoms with E-state index in [1.807, 2.05) is 24.3 Å². The third-order valence-electron chi connectivity index (χ3n) is 10.9. The minimum Gasteiger partial charge on any atom is -0.444 e. The molecule has 3 amide bonds. The van der Waals surface area contributed by atoms with Crippen LogP contribution in [0, 0.1) is 5.82 Å². The fourth-order valence-corrected chi connectivity index (χ4v) is 7.71. The van der Waals surface area contributed by atoms with Gasteiger partial charge in [0.25, 0.3) is 0 Å². The zero-order valence-electron chi connectivity index (χ0n) is 34.3. The maximum Gasteiger partial charge on any atom is 0.410 e. The Labute approximate surface area is 345 Å². The Morgan fingerprint density at radius 3 is 2.27 bits per heavy atom. The summed E-state index contributed by atoms with van der Waals surface area (Å²) in [4.78, 5) is 61.4. The minimum atomic E-state index is -1.21. The average molecular weight is 808 g/mol. The second-order valence-electron chi connectivity index (χ2n) is 16.2. The van der Waals surface area contributed by atoms with Crippen molar-refractivity contribution in [3.63, 3.8) is 0 Å². The molecule has 6 rings (SSSR count). The lowest BCUT2D eigenvalue weighted by Crippen LogP contribution is -2.54. The SMILES string of the molecule is C[C@@H](C(=O)N[C@@H](CCCCNC(O)OCC1c2ccccc2-c2ccccc21)C(=O)N1CCC[C@H]1c1cncc(C(=O)c2ccc(F)cc2)c1)N(C)C(=O)OC(C)(C)C. The molecule has 3 aromatic carbocycles. The van der Waals surface area contributed by atoms with E-state index in [0.29, 0.717) is 55.5 Å². The second kappa shape index (κ2) is 19.0. The van der Waals surface area contributed by atoms with E-state index in [-0.39, 0.29) is 30.6 Å². The van der Waals surface area contributed by atoms with E-state index in [0.717, 1.165) is 11.1 Å². The quantitative estimate of drug-likeness (QED) is 0.0637. The largest absolute Gasteiger partial charge is 0.444 e. The summed E-state index contributed by atoms with van der Waals surface area (Å²) < 4.78 is 24.9. The van der Waals surface area contributed by atoms with Gasteiger partial charge in [0.15, 0.2) is 5.78 Å². The van der Waals surface area contributed by atoms with Gasteiger partial charge in [0.05, 0.1) is 12.6 Å². The number of hydrogen-bond acceptors (Lipinski definition) is 9. The number of hydrogen-bond donors (Lipinski definition) is 3. The van der Waals surface area contributed by atoms with Crippen molar-refractivity contribution in [3.05, 3.63) is 125 Å². The molecule has 59 heavy (non-hydrogen) atoms. The van der Waals surface area contributed by atoms with Crippen LogP contribution in [0.4, 0.5) is 9.18 Å². The van der Waals surface area contributed by atoms with E-state index < -0.39 is 48.0 Å². The first-order valence-corrected chi connectivity index (χ1v) is 20.2. The van der Waals surface area contributed by atoms with Crippen molar-refractivity contribution < 1.29 is 38.1 Å². The fourth-order valence-electron chi connectivity index (χ4n) is 7.71. The van der Waals surface area contributed by atoms with Crippen molar-refractivity contribution >= 4 is 23.7 Å². The van der Waals surface area contributed by atoms with Crippen LogP contribution in [0.25, 0.3) is 11.1 Å². The molecule has 2 heterocycles. The number of ether oxygens (including phenoxy) is 2. The minimum absolute atomic E-state index is 0.00560. The molecular formula is C46H54FN5O7. The van der Waals surface area contributed by atoms with Gasteiger partial charge in [0.1, 0.15) is 23.5 Å². The van der Waals surface area contributed by atoms with Gasteiger partial charge in [-0.05, 0) is 124 Å². The third kappa shape index (κ3) is 10.6. The number of pyridine rings is 1. The van der Waals surface area contributed by atoms with E-state index in [9.17, 15) is 28.7 Å². The molecule has 13 heteroatoms. The van der Waals surface area contributed by atoms with Crippen molar-refractivity contribution in [1.29, 1.82) is 0 Å². The highest BCUT2D eigenvalue weighted by atomic mass is 19.1. The van der Waals surface area contributed by atoms with Crippen LogP contribution in [0.1, 0.15) is 104 Å². The maximum atomic E-state index is 14.4. The van der Waals surface area contributed by atoms with Crippen LogP contribution in [0.2, 0.25) is 0 Å². The Bertz CT molecular complexity index is 2080. The molecule has 0 spiro atoms. The number of aromatic nitrogens is 1. The fraction of sp³-hybridized carbons (Fsp3) is 0.413. The summed E-state index contributed by atoms with van der Waals surface area (Å²) in [5.41, 5.74) is 5.20. The van der Waals surface area contributed by atoms with Gasteiger partial charge in [0.2, 0.25) is 18.2 Å². The van der Waals surface area contributed by atoms with Crippen LogP contribution >= 0.6 is 0 Å². The maximum absolute atomic E-state index is 14.4. The van der Waals surface area contributed by atoms with Crippen LogP contribution < -0.4 is 10.6 Å². The predicted octanol–water partition coefficient (Wildman–Crippen LogP) is 6.72. The summed E-state index contributed by atoms with van der Waals surface area (Å²) in [6.07, 6.45) is 3.88. The van der Waals surface area contributed by atoms with Gasteiger partial charge in [-0.1, -0.05) is 48.5 Å². The number of carbonyl (C=O) groups excluding carboxylic acids is 4. The van der Waals surface area contributed by atoms with E-state index in [1.54, 1.807) is 44.9 Å². The standard InChI is InChI=1S/C46H54FN5O7/c1-29(51(5)45(57)59-46(2,3)4)42(54)50-39(17-10-11-23-49-44(56)58-28-38-36-15-8-6-13-34(36)35-14-7-9-16-37(35)38)43(55)52-24-12-18-40(52)31-25-32(27-48-26-31)41(53)30-19-21-33(47)22-20-30/h6-9,13-16,19-22,25-27,29,38-40,44,49,56H,10-12,17-18,23-24,28H2,1-5H3,(H,50,54)/t29-,39-,40-,44?/m0/s1. The van der Waals surface area contributed by atoms with Gasteiger partial charge in [-0.2, -0.15) is 0 Å². The Kier molecular flexibility index (Phi) is 13.9.